The molecule has 0 bridgehead atoms. The molecule has 0 radical (unpaired) electrons. The van der Waals surface area contributed by atoms with Crippen LogP contribution < -0.4 is 5.32 Å². The summed E-state index contributed by atoms with van der Waals surface area (Å²) in [5.74, 6) is 0. The van der Waals surface area contributed by atoms with Crippen LogP contribution in [0.4, 0.5) is 0 Å². The first-order valence-electron chi connectivity index (χ1n) is 6.63. The maximum Gasteiger partial charge on any atom is 0.0785 e. The molecular formula is C15H20ClN3. The van der Waals surface area contributed by atoms with Crippen molar-refractivity contribution in [2.45, 2.75) is 32.9 Å². The SMILES string of the molecule is CC(C)NCCc1ccccc1Cn1cc(Cl)cn1. The van der Waals surface area contributed by atoms with Crippen LogP contribution in [0.15, 0.2) is 36.7 Å². The summed E-state index contributed by atoms with van der Waals surface area (Å²) in [7, 11) is 0. The van der Waals surface area contributed by atoms with Gasteiger partial charge >= 0.3 is 0 Å². The third-order valence-corrected chi connectivity index (χ3v) is 3.19. The molecule has 0 unspecified atom stereocenters. The molecule has 0 aliphatic heterocycles. The summed E-state index contributed by atoms with van der Waals surface area (Å²) in [6.07, 6.45) is 4.55. The molecule has 0 atom stereocenters. The average molecular weight is 278 g/mol. The van der Waals surface area contributed by atoms with Crippen LogP contribution in [-0.4, -0.2) is 22.4 Å². The van der Waals surface area contributed by atoms with Crippen molar-refractivity contribution in [2.24, 2.45) is 0 Å². The van der Waals surface area contributed by atoms with Gasteiger partial charge in [-0.15, -0.1) is 0 Å². The lowest BCUT2D eigenvalue weighted by atomic mass is 10.0. The molecule has 0 saturated carbocycles. The average Bonchev–Trinajstić information content (AvgIpc) is 2.77. The molecule has 3 nitrogen and oxygen atoms in total. The van der Waals surface area contributed by atoms with Crippen LogP contribution in [0.1, 0.15) is 25.0 Å². The van der Waals surface area contributed by atoms with E-state index in [1.54, 1.807) is 6.20 Å². The highest BCUT2D eigenvalue weighted by Crippen LogP contribution is 2.13. The Bertz CT molecular complexity index is 520. The van der Waals surface area contributed by atoms with Crippen molar-refractivity contribution in [1.82, 2.24) is 15.1 Å². The third kappa shape index (κ3) is 4.37. The lowest BCUT2D eigenvalue weighted by Crippen LogP contribution is -2.25. The van der Waals surface area contributed by atoms with E-state index in [2.05, 4.69) is 48.5 Å². The molecule has 1 heterocycles. The van der Waals surface area contributed by atoms with Gasteiger partial charge in [0.05, 0.1) is 17.8 Å². The number of nitrogens with one attached hydrogen (secondary N) is 1. The van der Waals surface area contributed by atoms with Crippen LogP contribution in [0, 0.1) is 0 Å². The second-order valence-electron chi connectivity index (χ2n) is 4.98. The van der Waals surface area contributed by atoms with Gasteiger partial charge in [0, 0.05) is 12.2 Å². The Balaban J connectivity index is 2.03. The Morgan fingerprint density at radius 2 is 2.00 bits per heavy atom. The molecule has 1 N–H and O–H groups in total. The molecule has 0 aliphatic rings. The normalized spacial score (nSPS) is 11.2. The molecule has 2 aromatic rings. The zero-order chi connectivity index (χ0) is 13.7. The fourth-order valence-corrected chi connectivity index (χ4v) is 2.21. The van der Waals surface area contributed by atoms with E-state index < -0.39 is 0 Å². The summed E-state index contributed by atoms with van der Waals surface area (Å²) in [4.78, 5) is 0. The molecule has 2 rings (SSSR count). The van der Waals surface area contributed by atoms with Gasteiger partial charge in [0.1, 0.15) is 0 Å². The second kappa shape index (κ2) is 6.73. The minimum Gasteiger partial charge on any atom is -0.314 e. The first-order chi connectivity index (χ1) is 9.15. The smallest absolute Gasteiger partial charge is 0.0785 e. The minimum atomic E-state index is 0.525. The largest absolute Gasteiger partial charge is 0.314 e. The number of benzene rings is 1. The summed E-state index contributed by atoms with van der Waals surface area (Å²) >= 11 is 5.89. The molecule has 0 saturated heterocycles. The molecule has 0 fully saturated rings. The van der Waals surface area contributed by atoms with E-state index >= 15 is 0 Å². The Hall–Kier alpha value is -1.32. The van der Waals surface area contributed by atoms with Crippen molar-refractivity contribution in [3.05, 3.63) is 52.8 Å². The van der Waals surface area contributed by atoms with Gasteiger partial charge in [-0.2, -0.15) is 5.10 Å². The van der Waals surface area contributed by atoms with Crippen LogP contribution in [0.2, 0.25) is 5.02 Å². The number of rotatable bonds is 6. The van der Waals surface area contributed by atoms with E-state index in [1.807, 2.05) is 10.9 Å². The molecule has 1 aromatic carbocycles. The van der Waals surface area contributed by atoms with Gasteiger partial charge < -0.3 is 5.32 Å². The summed E-state index contributed by atoms with van der Waals surface area (Å²) < 4.78 is 1.87. The zero-order valence-electron chi connectivity index (χ0n) is 11.4. The molecular weight excluding hydrogens is 258 g/mol. The Morgan fingerprint density at radius 1 is 1.26 bits per heavy atom. The molecule has 0 amide bonds. The van der Waals surface area contributed by atoms with Gasteiger partial charge in [-0.05, 0) is 24.1 Å². The number of halogens is 1. The molecule has 19 heavy (non-hydrogen) atoms. The van der Waals surface area contributed by atoms with Gasteiger partial charge in [-0.1, -0.05) is 49.7 Å². The molecule has 1 aromatic heterocycles. The highest BCUT2D eigenvalue weighted by Gasteiger charge is 2.04. The first-order valence-corrected chi connectivity index (χ1v) is 7.01. The molecule has 0 aliphatic carbocycles. The first kappa shape index (κ1) is 14.1. The lowest BCUT2D eigenvalue weighted by Gasteiger charge is -2.12. The van der Waals surface area contributed by atoms with Crippen molar-refractivity contribution >= 4 is 11.6 Å². The van der Waals surface area contributed by atoms with Crippen LogP contribution in [0.5, 0.6) is 0 Å². The highest BCUT2D eigenvalue weighted by molar-refractivity contribution is 6.30. The van der Waals surface area contributed by atoms with Gasteiger partial charge in [0.25, 0.3) is 0 Å². The van der Waals surface area contributed by atoms with Crippen LogP contribution in [0.25, 0.3) is 0 Å². The molecule has 4 heteroatoms. The predicted molar refractivity (Wildman–Crippen MR) is 79.6 cm³/mol. The van der Waals surface area contributed by atoms with Crippen LogP contribution in [0.3, 0.4) is 0 Å². The third-order valence-electron chi connectivity index (χ3n) is 3.00. The summed E-state index contributed by atoms with van der Waals surface area (Å²) in [6, 6.07) is 9.02. The highest BCUT2D eigenvalue weighted by atomic mass is 35.5. The van der Waals surface area contributed by atoms with Crippen molar-refractivity contribution in [3.8, 4) is 0 Å². The predicted octanol–water partition coefficient (Wildman–Crippen LogP) is 3.13. The van der Waals surface area contributed by atoms with E-state index in [0.29, 0.717) is 11.1 Å². The van der Waals surface area contributed by atoms with Gasteiger partial charge in [0.2, 0.25) is 0 Å². The summed E-state index contributed by atoms with van der Waals surface area (Å²) in [5, 5.41) is 8.35. The van der Waals surface area contributed by atoms with Gasteiger partial charge in [-0.25, -0.2) is 0 Å². The number of aromatic nitrogens is 2. The van der Waals surface area contributed by atoms with Gasteiger partial charge in [-0.3, -0.25) is 4.68 Å². The van der Waals surface area contributed by atoms with Crippen molar-refractivity contribution in [1.29, 1.82) is 0 Å². The fourth-order valence-electron chi connectivity index (χ4n) is 2.05. The Labute approximate surface area is 119 Å². The van der Waals surface area contributed by atoms with Crippen LogP contribution >= 0.6 is 11.6 Å². The molecule has 0 spiro atoms. The second-order valence-corrected chi connectivity index (χ2v) is 5.42. The maximum atomic E-state index is 5.89. The van der Waals surface area contributed by atoms with E-state index in [0.717, 1.165) is 19.5 Å². The number of hydrogen-bond donors (Lipinski definition) is 1. The van der Waals surface area contributed by atoms with Crippen molar-refractivity contribution < 1.29 is 0 Å². The lowest BCUT2D eigenvalue weighted by molar-refractivity contribution is 0.587. The van der Waals surface area contributed by atoms with E-state index in [-0.39, 0.29) is 0 Å². The molecule has 102 valence electrons. The topological polar surface area (TPSA) is 29.9 Å². The fraction of sp³-hybridized carbons (Fsp3) is 0.400. The Kier molecular flexibility index (Phi) is 5.00. The van der Waals surface area contributed by atoms with Gasteiger partial charge in [0.15, 0.2) is 0 Å². The van der Waals surface area contributed by atoms with E-state index in [4.69, 9.17) is 11.6 Å². The zero-order valence-corrected chi connectivity index (χ0v) is 12.2. The standard InChI is InChI=1S/C15H20ClN3/c1-12(2)17-8-7-13-5-3-4-6-14(13)10-19-11-15(16)9-18-19/h3-6,9,11-12,17H,7-8,10H2,1-2H3. The number of hydrogen-bond acceptors (Lipinski definition) is 2. The summed E-state index contributed by atoms with van der Waals surface area (Å²) in [5.41, 5.74) is 2.66. The number of nitrogens with zero attached hydrogens (tertiary/aromatic N) is 2. The quantitative estimate of drug-likeness (QED) is 0.879. The van der Waals surface area contributed by atoms with E-state index in [9.17, 15) is 0 Å². The van der Waals surface area contributed by atoms with E-state index in [1.165, 1.54) is 11.1 Å². The monoisotopic (exact) mass is 277 g/mol. The van der Waals surface area contributed by atoms with Crippen LogP contribution in [-0.2, 0) is 13.0 Å². The maximum absolute atomic E-state index is 5.89. The van der Waals surface area contributed by atoms with Crippen molar-refractivity contribution in [2.75, 3.05) is 6.54 Å². The summed E-state index contributed by atoms with van der Waals surface area (Å²) in [6.45, 7) is 6.09. The minimum absolute atomic E-state index is 0.525. The van der Waals surface area contributed by atoms with Crippen molar-refractivity contribution in [3.63, 3.8) is 0 Å². The Morgan fingerprint density at radius 3 is 2.63 bits per heavy atom.